The van der Waals surface area contributed by atoms with Gasteiger partial charge in [-0.05, 0) is 31.2 Å². The highest BCUT2D eigenvalue weighted by molar-refractivity contribution is 6.08. The Morgan fingerprint density at radius 3 is 2.67 bits per heavy atom. The molecule has 0 aliphatic carbocycles. The van der Waals surface area contributed by atoms with Crippen molar-refractivity contribution in [3.8, 4) is 6.07 Å². The van der Waals surface area contributed by atoms with Gasteiger partial charge in [0, 0.05) is 11.3 Å². The van der Waals surface area contributed by atoms with Crippen molar-refractivity contribution in [3.05, 3.63) is 58.7 Å². The molecule has 21 heavy (non-hydrogen) atoms. The van der Waals surface area contributed by atoms with Crippen molar-refractivity contribution in [1.82, 2.24) is 0 Å². The van der Waals surface area contributed by atoms with Crippen LogP contribution in [0.5, 0.6) is 0 Å². The molecule has 0 saturated heterocycles. The molecular formula is C15H11F2N3O. The quantitative estimate of drug-likeness (QED) is 0.833. The highest BCUT2D eigenvalue weighted by Gasteiger charge is 2.15. The number of benzene rings is 2. The van der Waals surface area contributed by atoms with Gasteiger partial charge in [0.05, 0.1) is 22.9 Å². The van der Waals surface area contributed by atoms with Crippen LogP contribution in [-0.2, 0) is 0 Å². The number of carbonyl (C=O) groups is 1. The summed E-state index contributed by atoms with van der Waals surface area (Å²) in [5.74, 6) is -2.00. The predicted octanol–water partition coefficient (Wildman–Crippen LogP) is 2.98. The minimum atomic E-state index is -0.712. The lowest BCUT2D eigenvalue weighted by atomic mass is 10.1. The lowest BCUT2D eigenvalue weighted by Gasteiger charge is -2.11. The Hall–Kier alpha value is -2.94. The molecule has 0 unspecified atom stereocenters. The molecule has 6 heteroatoms. The molecule has 0 spiro atoms. The minimum Gasteiger partial charge on any atom is -0.396 e. The number of nitrogens with two attached hydrogens (primary N) is 1. The Labute approximate surface area is 119 Å². The lowest BCUT2D eigenvalue weighted by molar-refractivity contribution is 0.102. The summed E-state index contributed by atoms with van der Waals surface area (Å²) in [5.41, 5.74) is 5.54. The van der Waals surface area contributed by atoms with E-state index in [1.165, 1.54) is 25.1 Å². The average molecular weight is 287 g/mol. The smallest absolute Gasteiger partial charge is 0.257 e. The van der Waals surface area contributed by atoms with Crippen molar-refractivity contribution in [3.63, 3.8) is 0 Å². The van der Waals surface area contributed by atoms with Crippen LogP contribution in [0, 0.1) is 29.9 Å². The summed E-state index contributed by atoms with van der Waals surface area (Å²) < 4.78 is 27.0. The zero-order chi connectivity index (χ0) is 15.6. The van der Waals surface area contributed by atoms with Crippen molar-refractivity contribution in [1.29, 1.82) is 5.26 Å². The summed E-state index contributed by atoms with van der Waals surface area (Å²) in [6, 6.07) is 8.04. The fraction of sp³-hybridized carbons (Fsp3) is 0.0667. The van der Waals surface area contributed by atoms with Gasteiger partial charge in [-0.15, -0.1) is 0 Å². The van der Waals surface area contributed by atoms with E-state index in [0.717, 1.165) is 12.1 Å². The zero-order valence-electron chi connectivity index (χ0n) is 11.1. The number of halogens is 2. The number of anilines is 2. The number of nitrogen functional groups attached to an aromatic ring is 1. The Kier molecular flexibility index (Phi) is 3.85. The minimum absolute atomic E-state index is 0.0582. The number of nitriles is 1. The maximum absolute atomic E-state index is 13.6. The van der Waals surface area contributed by atoms with Crippen LogP contribution in [-0.4, -0.2) is 5.91 Å². The summed E-state index contributed by atoms with van der Waals surface area (Å²) in [5, 5.41) is 11.2. The second-order valence-corrected chi connectivity index (χ2v) is 4.40. The molecule has 0 fully saturated rings. The van der Waals surface area contributed by atoms with E-state index in [-0.39, 0.29) is 28.1 Å². The van der Waals surface area contributed by atoms with Gasteiger partial charge in [-0.1, -0.05) is 6.07 Å². The lowest BCUT2D eigenvalue weighted by Crippen LogP contribution is -2.16. The number of hydrogen-bond acceptors (Lipinski definition) is 3. The van der Waals surface area contributed by atoms with Crippen LogP contribution in [0.25, 0.3) is 0 Å². The number of amides is 1. The van der Waals surface area contributed by atoms with E-state index in [0.29, 0.717) is 0 Å². The van der Waals surface area contributed by atoms with Gasteiger partial charge in [0.25, 0.3) is 5.91 Å². The third-order valence-corrected chi connectivity index (χ3v) is 3.02. The van der Waals surface area contributed by atoms with Gasteiger partial charge in [-0.25, -0.2) is 8.78 Å². The third kappa shape index (κ3) is 2.82. The molecule has 4 nitrogen and oxygen atoms in total. The molecule has 0 bridgehead atoms. The molecule has 0 aliphatic heterocycles. The summed E-state index contributed by atoms with van der Waals surface area (Å²) >= 11 is 0. The van der Waals surface area contributed by atoms with E-state index < -0.39 is 17.5 Å². The second kappa shape index (κ2) is 5.59. The normalized spacial score (nSPS) is 10.0. The number of nitrogens with one attached hydrogen (secondary N) is 1. The Morgan fingerprint density at radius 2 is 2.00 bits per heavy atom. The van der Waals surface area contributed by atoms with Gasteiger partial charge >= 0.3 is 0 Å². The monoisotopic (exact) mass is 287 g/mol. The highest BCUT2D eigenvalue weighted by Crippen LogP contribution is 2.23. The molecule has 1 amide bonds. The van der Waals surface area contributed by atoms with Gasteiger partial charge in [0.2, 0.25) is 0 Å². The zero-order valence-corrected chi connectivity index (χ0v) is 11.1. The van der Waals surface area contributed by atoms with E-state index in [2.05, 4.69) is 5.32 Å². The van der Waals surface area contributed by atoms with Crippen molar-refractivity contribution < 1.29 is 13.6 Å². The van der Waals surface area contributed by atoms with Crippen LogP contribution >= 0.6 is 0 Å². The maximum Gasteiger partial charge on any atom is 0.257 e. The first-order valence-corrected chi connectivity index (χ1v) is 5.99. The van der Waals surface area contributed by atoms with E-state index in [1.54, 1.807) is 6.07 Å². The van der Waals surface area contributed by atoms with Crippen LogP contribution in [0.1, 0.15) is 21.5 Å². The molecule has 0 aromatic heterocycles. The Bertz CT molecular complexity index is 766. The Morgan fingerprint density at radius 1 is 1.29 bits per heavy atom. The molecular weight excluding hydrogens is 276 g/mol. The summed E-state index contributed by atoms with van der Waals surface area (Å²) in [4.78, 5) is 12.1. The van der Waals surface area contributed by atoms with Crippen molar-refractivity contribution in [2.45, 2.75) is 6.92 Å². The van der Waals surface area contributed by atoms with Crippen molar-refractivity contribution >= 4 is 17.3 Å². The maximum atomic E-state index is 13.6. The summed E-state index contributed by atoms with van der Waals surface area (Å²) in [7, 11) is 0. The highest BCUT2D eigenvalue weighted by atomic mass is 19.1. The summed E-state index contributed by atoms with van der Waals surface area (Å²) in [6.07, 6.45) is 0. The summed E-state index contributed by atoms with van der Waals surface area (Å²) in [6.45, 7) is 1.46. The van der Waals surface area contributed by atoms with Crippen molar-refractivity contribution in [2.75, 3.05) is 11.1 Å². The molecule has 106 valence electrons. The van der Waals surface area contributed by atoms with Crippen LogP contribution in [0.2, 0.25) is 0 Å². The van der Waals surface area contributed by atoms with E-state index >= 15 is 0 Å². The van der Waals surface area contributed by atoms with Crippen LogP contribution in [0.3, 0.4) is 0 Å². The van der Waals surface area contributed by atoms with Crippen LogP contribution in [0.4, 0.5) is 20.2 Å². The second-order valence-electron chi connectivity index (χ2n) is 4.40. The molecule has 0 radical (unpaired) electrons. The fourth-order valence-electron chi connectivity index (χ4n) is 1.80. The molecule has 0 saturated carbocycles. The molecule has 0 atom stereocenters. The Balaban J connectivity index is 2.39. The van der Waals surface area contributed by atoms with E-state index in [1.807, 2.05) is 0 Å². The SMILES string of the molecule is Cc1c(F)cc(C#N)cc1NC(=O)c1cccc(F)c1N. The predicted molar refractivity (Wildman–Crippen MR) is 74.6 cm³/mol. The topological polar surface area (TPSA) is 78.9 Å². The van der Waals surface area contributed by atoms with Gasteiger partial charge in [0.15, 0.2) is 0 Å². The first kappa shape index (κ1) is 14.5. The first-order chi connectivity index (χ1) is 9.93. The molecule has 0 aliphatic rings. The van der Waals surface area contributed by atoms with Gasteiger partial charge in [0.1, 0.15) is 11.6 Å². The van der Waals surface area contributed by atoms with Gasteiger partial charge in [-0.3, -0.25) is 4.79 Å². The largest absolute Gasteiger partial charge is 0.396 e. The van der Waals surface area contributed by atoms with Crippen LogP contribution < -0.4 is 11.1 Å². The number of nitrogens with zero attached hydrogens (tertiary/aromatic N) is 1. The molecule has 2 aromatic carbocycles. The molecule has 0 heterocycles. The fourth-order valence-corrected chi connectivity index (χ4v) is 1.80. The molecule has 2 rings (SSSR count). The van der Waals surface area contributed by atoms with Crippen molar-refractivity contribution in [2.24, 2.45) is 0 Å². The van der Waals surface area contributed by atoms with Gasteiger partial charge in [-0.2, -0.15) is 5.26 Å². The first-order valence-electron chi connectivity index (χ1n) is 5.99. The van der Waals surface area contributed by atoms with Crippen LogP contribution in [0.15, 0.2) is 30.3 Å². The van der Waals surface area contributed by atoms with E-state index in [4.69, 9.17) is 11.0 Å². The number of hydrogen-bond donors (Lipinski definition) is 2. The third-order valence-electron chi connectivity index (χ3n) is 3.02. The molecule has 2 aromatic rings. The van der Waals surface area contributed by atoms with E-state index in [9.17, 15) is 13.6 Å². The average Bonchev–Trinajstić information content (AvgIpc) is 2.46. The standard InChI is InChI=1S/C15H11F2N3O/c1-8-12(17)5-9(7-18)6-13(8)20-15(21)10-3-2-4-11(16)14(10)19/h2-6H,19H2,1H3,(H,20,21). The molecule has 3 N–H and O–H groups in total. The number of rotatable bonds is 2. The number of para-hydroxylation sites is 1. The number of carbonyl (C=O) groups excluding carboxylic acids is 1. The van der Waals surface area contributed by atoms with Gasteiger partial charge < -0.3 is 11.1 Å².